The molecule has 0 spiro atoms. The van der Waals surface area contributed by atoms with Gasteiger partial charge in [0.05, 0.1) is 19.1 Å². The minimum Gasteiger partial charge on any atom is -0.497 e. The number of hydrogen-bond acceptors (Lipinski definition) is 6. The van der Waals surface area contributed by atoms with Gasteiger partial charge in [-0.1, -0.05) is 6.07 Å². The van der Waals surface area contributed by atoms with Crippen LogP contribution in [0, 0.1) is 5.92 Å². The molecule has 3 aliphatic heterocycles. The van der Waals surface area contributed by atoms with Crippen LogP contribution in [0.2, 0.25) is 0 Å². The number of hydrogen-bond donors (Lipinski definition) is 1. The maximum atomic E-state index is 13.0. The molecule has 0 aliphatic carbocycles. The van der Waals surface area contributed by atoms with Crippen molar-refractivity contribution in [3.63, 3.8) is 0 Å². The largest absolute Gasteiger partial charge is 0.497 e. The summed E-state index contributed by atoms with van der Waals surface area (Å²) in [6.07, 6.45) is 4.06. The van der Waals surface area contributed by atoms with Gasteiger partial charge in [-0.2, -0.15) is 4.31 Å². The van der Waals surface area contributed by atoms with Gasteiger partial charge < -0.3 is 4.74 Å². The standard InChI is InChI=1S/C20H31N3O5S2/c1-28-17-4-5-18-15(12-17)6-9-22-14-16-7-10-23(19(16)13-20(18)22)30(26,27)11-3-8-21-29(2,24)25/h4-5,12,16,19-21H,3,6-11,13-14H2,1-2H3. The van der Waals surface area contributed by atoms with E-state index in [9.17, 15) is 16.8 Å². The number of ether oxygens (including phenoxy) is 1. The summed E-state index contributed by atoms with van der Waals surface area (Å²) >= 11 is 0. The number of rotatable bonds is 7. The summed E-state index contributed by atoms with van der Waals surface area (Å²) in [5, 5.41) is 0. The maximum Gasteiger partial charge on any atom is 0.214 e. The van der Waals surface area contributed by atoms with Gasteiger partial charge >= 0.3 is 0 Å². The van der Waals surface area contributed by atoms with Gasteiger partial charge in [0.15, 0.2) is 0 Å². The Bertz CT molecular complexity index is 996. The molecule has 1 aromatic rings. The Balaban J connectivity index is 1.47. The summed E-state index contributed by atoms with van der Waals surface area (Å²) < 4.78 is 57.9. The quantitative estimate of drug-likeness (QED) is 0.613. The molecule has 1 aromatic carbocycles. The predicted molar refractivity (Wildman–Crippen MR) is 115 cm³/mol. The predicted octanol–water partition coefficient (Wildman–Crippen LogP) is 0.958. The van der Waals surface area contributed by atoms with Crippen molar-refractivity contribution in [3.8, 4) is 5.75 Å². The molecule has 0 aromatic heterocycles. The second-order valence-corrected chi connectivity index (χ2v) is 12.5. The van der Waals surface area contributed by atoms with E-state index in [-0.39, 0.29) is 30.8 Å². The van der Waals surface area contributed by atoms with Crippen LogP contribution in [-0.4, -0.2) is 77.4 Å². The monoisotopic (exact) mass is 457 g/mol. The molecule has 2 fully saturated rings. The van der Waals surface area contributed by atoms with Crippen LogP contribution in [0.4, 0.5) is 0 Å². The molecule has 0 bridgehead atoms. The van der Waals surface area contributed by atoms with Crippen molar-refractivity contribution in [1.82, 2.24) is 13.9 Å². The number of nitrogens with zero attached hydrogens (tertiary/aromatic N) is 2. The highest BCUT2D eigenvalue weighted by atomic mass is 32.2. The third-order valence-corrected chi connectivity index (χ3v) is 9.39. The van der Waals surface area contributed by atoms with Gasteiger partial charge in [0.25, 0.3) is 0 Å². The number of benzene rings is 1. The van der Waals surface area contributed by atoms with Crippen LogP contribution in [0.15, 0.2) is 18.2 Å². The Hall–Kier alpha value is -1.20. The lowest BCUT2D eigenvalue weighted by Gasteiger charge is -2.46. The van der Waals surface area contributed by atoms with E-state index < -0.39 is 20.0 Å². The van der Waals surface area contributed by atoms with Crippen LogP contribution in [0.1, 0.15) is 36.4 Å². The second-order valence-electron chi connectivity index (χ2n) is 8.62. The number of nitrogens with one attached hydrogen (secondary N) is 1. The highest BCUT2D eigenvalue weighted by molar-refractivity contribution is 7.89. The van der Waals surface area contributed by atoms with Gasteiger partial charge in [-0.05, 0) is 54.9 Å². The molecule has 0 radical (unpaired) electrons. The minimum atomic E-state index is -3.41. The highest BCUT2D eigenvalue weighted by Crippen LogP contribution is 2.44. The first-order valence-corrected chi connectivity index (χ1v) is 14.0. The van der Waals surface area contributed by atoms with E-state index in [1.165, 1.54) is 11.1 Å². The van der Waals surface area contributed by atoms with E-state index >= 15 is 0 Å². The Kier molecular flexibility index (Phi) is 6.15. The lowest BCUT2D eigenvalue weighted by Crippen LogP contribution is -2.51. The van der Waals surface area contributed by atoms with Crippen LogP contribution in [-0.2, 0) is 26.5 Å². The fraction of sp³-hybridized carbons (Fsp3) is 0.700. The molecular weight excluding hydrogens is 426 g/mol. The van der Waals surface area contributed by atoms with Crippen molar-refractivity contribution in [3.05, 3.63) is 29.3 Å². The van der Waals surface area contributed by atoms with E-state index in [1.807, 2.05) is 6.07 Å². The summed E-state index contributed by atoms with van der Waals surface area (Å²) in [6.45, 7) is 2.64. The molecule has 168 valence electrons. The summed E-state index contributed by atoms with van der Waals surface area (Å²) in [5.41, 5.74) is 2.59. The fourth-order valence-corrected chi connectivity index (χ4v) is 7.59. The van der Waals surface area contributed by atoms with Gasteiger partial charge in [0, 0.05) is 38.3 Å². The highest BCUT2D eigenvalue weighted by Gasteiger charge is 2.47. The zero-order valence-electron chi connectivity index (χ0n) is 17.6. The Morgan fingerprint density at radius 2 is 2.00 bits per heavy atom. The molecule has 0 amide bonds. The zero-order valence-corrected chi connectivity index (χ0v) is 19.2. The van der Waals surface area contributed by atoms with Gasteiger partial charge in [-0.3, -0.25) is 4.90 Å². The molecule has 3 aliphatic rings. The van der Waals surface area contributed by atoms with Crippen molar-refractivity contribution >= 4 is 20.0 Å². The van der Waals surface area contributed by atoms with E-state index in [2.05, 4.69) is 21.8 Å². The lowest BCUT2D eigenvalue weighted by atomic mass is 9.81. The average Bonchev–Trinajstić information content (AvgIpc) is 3.12. The van der Waals surface area contributed by atoms with Crippen LogP contribution < -0.4 is 9.46 Å². The summed E-state index contributed by atoms with van der Waals surface area (Å²) in [4.78, 5) is 2.52. The third kappa shape index (κ3) is 4.52. The smallest absolute Gasteiger partial charge is 0.214 e. The maximum absolute atomic E-state index is 13.0. The molecule has 4 rings (SSSR count). The minimum absolute atomic E-state index is 0.0205. The molecule has 30 heavy (non-hydrogen) atoms. The van der Waals surface area contributed by atoms with Crippen LogP contribution >= 0.6 is 0 Å². The lowest BCUT2D eigenvalue weighted by molar-refractivity contribution is 0.0736. The van der Waals surface area contributed by atoms with E-state index in [4.69, 9.17) is 4.74 Å². The first kappa shape index (κ1) is 22.0. The number of sulfonamides is 2. The normalized spacial score (nSPS) is 27.3. The van der Waals surface area contributed by atoms with E-state index in [1.54, 1.807) is 11.4 Å². The molecule has 1 N–H and O–H groups in total. The molecule has 10 heteroatoms. The zero-order chi connectivity index (χ0) is 21.5. The third-order valence-electron chi connectivity index (χ3n) is 6.69. The number of methoxy groups -OCH3 is 1. The van der Waals surface area contributed by atoms with Gasteiger partial charge in [-0.25, -0.2) is 21.6 Å². The van der Waals surface area contributed by atoms with Crippen molar-refractivity contribution in [2.24, 2.45) is 5.92 Å². The summed E-state index contributed by atoms with van der Waals surface area (Å²) in [6, 6.07) is 6.50. The topological polar surface area (TPSA) is 96.0 Å². The molecule has 3 atom stereocenters. The van der Waals surface area contributed by atoms with Crippen LogP contribution in [0.25, 0.3) is 0 Å². The summed E-state index contributed by atoms with van der Waals surface area (Å²) in [5.74, 6) is 1.20. The van der Waals surface area contributed by atoms with Gasteiger partial charge in [0.1, 0.15) is 5.75 Å². The van der Waals surface area contributed by atoms with Crippen molar-refractivity contribution in [1.29, 1.82) is 0 Å². The van der Waals surface area contributed by atoms with Crippen LogP contribution in [0.3, 0.4) is 0 Å². The molecule has 0 saturated carbocycles. The molecule has 2 saturated heterocycles. The molecule has 3 unspecified atom stereocenters. The molecular formula is C20H31N3O5S2. The first-order chi connectivity index (χ1) is 14.2. The summed E-state index contributed by atoms with van der Waals surface area (Å²) in [7, 11) is -5.04. The Morgan fingerprint density at radius 1 is 1.20 bits per heavy atom. The SMILES string of the molecule is COc1ccc2c(c1)CCN1CC3CCN(S(=O)(=O)CCCNS(C)(=O)=O)C3CC21. The average molecular weight is 458 g/mol. The number of piperidine rings is 1. The fourth-order valence-electron chi connectivity index (χ4n) is 5.28. The van der Waals surface area contributed by atoms with E-state index in [0.29, 0.717) is 12.5 Å². The van der Waals surface area contributed by atoms with Gasteiger partial charge in [0.2, 0.25) is 20.0 Å². The van der Waals surface area contributed by atoms with Crippen molar-refractivity contribution in [2.45, 2.75) is 37.8 Å². The molecule has 8 nitrogen and oxygen atoms in total. The Labute approximate surface area is 179 Å². The van der Waals surface area contributed by atoms with Gasteiger partial charge in [-0.15, -0.1) is 0 Å². The first-order valence-electron chi connectivity index (χ1n) is 10.5. The van der Waals surface area contributed by atoms with Crippen molar-refractivity contribution in [2.75, 3.05) is 45.3 Å². The van der Waals surface area contributed by atoms with Crippen molar-refractivity contribution < 1.29 is 21.6 Å². The van der Waals surface area contributed by atoms with E-state index in [0.717, 1.165) is 44.4 Å². The Morgan fingerprint density at radius 3 is 2.73 bits per heavy atom. The second kappa shape index (κ2) is 8.38. The molecule has 3 heterocycles. The number of fused-ring (bicyclic) bond motifs is 4. The van der Waals surface area contributed by atoms with Crippen LogP contribution in [0.5, 0.6) is 5.75 Å².